The highest BCUT2D eigenvalue weighted by Gasteiger charge is 2.15. The van der Waals surface area contributed by atoms with Gasteiger partial charge in [0.05, 0.1) is 6.54 Å². The first kappa shape index (κ1) is 24.0. The van der Waals surface area contributed by atoms with Gasteiger partial charge in [-0.1, -0.05) is 12.1 Å². The number of amides is 2. The third-order valence-corrected chi connectivity index (χ3v) is 4.15. The van der Waals surface area contributed by atoms with E-state index < -0.39 is 11.9 Å². The van der Waals surface area contributed by atoms with E-state index in [4.69, 9.17) is 14.9 Å². The molecule has 1 aromatic rings. The lowest BCUT2D eigenvalue weighted by molar-refractivity contribution is -0.134. The average Bonchev–Trinajstić information content (AvgIpc) is 3.17. The van der Waals surface area contributed by atoms with Crippen LogP contribution in [0.3, 0.4) is 0 Å². The van der Waals surface area contributed by atoms with Crippen LogP contribution in [0.4, 0.5) is 4.79 Å². The monoisotopic (exact) mass is 407 g/mol. The van der Waals surface area contributed by atoms with Crippen molar-refractivity contribution in [1.29, 1.82) is 0 Å². The van der Waals surface area contributed by atoms with E-state index in [-0.39, 0.29) is 6.03 Å². The minimum absolute atomic E-state index is 0.0628. The van der Waals surface area contributed by atoms with Crippen molar-refractivity contribution in [2.45, 2.75) is 19.3 Å². The van der Waals surface area contributed by atoms with Gasteiger partial charge in [-0.3, -0.25) is 0 Å². The lowest BCUT2D eigenvalue weighted by Crippen LogP contribution is -2.41. The van der Waals surface area contributed by atoms with E-state index in [1.165, 1.54) is 17.5 Å². The fourth-order valence-corrected chi connectivity index (χ4v) is 2.70. The molecule has 0 radical (unpaired) electrons. The van der Waals surface area contributed by atoms with E-state index in [2.05, 4.69) is 16.7 Å². The fraction of sp³-hybridized carbons (Fsp3) is 0.450. The van der Waals surface area contributed by atoms with Gasteiger partial charge in [-0.05, 0) is 43.5 Å². The van der Waals surface area contributed by atoms with Crippen molar-refractivity contribution in [1.82, 2.24) is 15.5 Å². The first-order valence-electron chi connectivity index (χ1n) is 9.36. The zero-order valence-corrected chi connectivity index (χ0v) is 16.8. The van der Waals surface area contributed by atoms with Gasteiger partial charge in [0, 0.05) is 32.3 Å². The van der Waals surface area contributed by atoms with Gasteiger partial charge in [0.2, 0.25) is 0 Å². The number of rotatable bonds is 9. The number of ether oxygens (including phenoxy) is 1. The van der Waals surface area contributed by atoms with Crippen LogP contribution in [0, 0.1) is 0 Å². The summed E-state index contributed by atoms with van der Waals surface area (Å²) < 4.78 is 5.81. The van der Waals surface area contributed by atoms with E-state index in [1.807, 2.05) is 19.2 Å². The Kier molecular flexibility index (Phi) is 10.9. The van der Waals surface area contributed by atoms with Crippen LogP contribution in [-0.2, 0) is 22.4 Å². The maximum Gasteiger partial charge on any atom is 0.328 e. The molecule has 0 atom stereocenters. The van der Waals surface area contributed by atoms with Crippen molar-refractivity contribution in [3.05, 3.63) is 41.5 Å². The molecule has 2 amide bonds. The minimum atomic E-state index is -1.26. The average molecular weight is 407 g/mol. The van der Waals surface area contributed by atoms with Gasteiger partial charge >= 0.3 is 18.0 Å². The van der Waals surface area contributed by atoms with Crippen LogP contribution < -0.4 is 15.4 Å². The summed E-state index contributed by atoms with van der Waals surface area (Å²) in [7, 11) is 3.66. The molecule has 0 heterocycles. The Morgan fingerprint density at radius 3 is 2.45 bits per heavy atom. The first-order chi connectivity index (χ1) is 13.8. The molecule has 1 aliphatic rings. The minimum Gasteiger partial charge on any atom is -0.491 e. The first-order valence-corrected chi connectivity index (χ1v) is 9.36. The Balaban J connectivity index is 0.000000447. The van der Waals surface area contributed by atoms with Crippen LogP contribution in [0.15, 0.2) is 30.4 Å². The number of carbonyl (C=O) groups is 3. The van der Waals surface area contributed by atoms with Crippen molar-refractivity contribution in [3.63, 3.8) is 0 Å². The molecule has 0 saturated heterocycles. The quantitative estimate of drug-likeness (QED) is 0.357. The van der Waals surface area contributed by atoms with Crippen LogP contribution in [0.25, 0.3) is 0 Å². The number of carboxylic acids is 2. The zero-order chi connectivity index (χ0) is 21.6. The molecule has 0 unspecified atom stereocenters. The number of carbonyl (C=O) groups excluding carboxylic acids is 1. The summed E-state index contributed by atoms with van der Waals surface area (Å²) in [5.41, 5.74) is 2.75. The number of fused-ring (bicyclic) bond motifs is 1. The molecule has 2 rings (SSSR count). The van der Waals surface area contributed by atoms with Gasteiger partial charge in [-0.15, -0.1) is 0 Å². The molecule has 1 aliphatic carbocycles. The fourth-order valence-electron chi connectivity index (χ4n) is 2.70. The smallest absolute Gasteiger partial charge is 0.328 e. The Morgan fingerprint density at radius 1 is 1.14 bits per heavy atom. The summed E-state index contributed by atoms with van der Waals surface area (Å²) in [5, 5.41) is 21.5. The predicted octanol–water partition coefficient (Wildman–Crippen LogP) is 1.13. The zero-order valence-electron chi connectivity index (χ0n) is 16.8. The van der Waals surface area contributed by atoms with Gasteiger partial charge in [-0.2, -0.15) is 0 Å². The molecule has 29 heavy (non-hydrogen) atoms. The highest BCUT2D eigenvalue weighted by atomic mass is 16.5. The number of urea groups is 1. The molecule has 4 N–H and O–H groups in total. The predicted molar refractivity (Wildman–Crippen MR) is 108 cm³/mol. The van der Waals surface area contributed by atoms with Crippen molar-refractivity contribution in [3.8, 4) is 5.75 Å². The van der Waals surface area contributed by atoms with E-state index in [1.54, 1.807) is 11.9 Å². The van der Waals surface area contributed by atoms with Crippen LogP contribution >= 0.6 is 0 Å². The van der Waals surface area contributed by atoms with Crippen LogP contribution in [0.5, 0.6) is 5.75 Å². The standard InChI is InChI=1S/C16H25N3O2.C4H4O4/c1-17-9-11-19(2)16(20)18-10-12-21-15-8-4-6-13-5-3-7-14(13)15;5-3(6)1-2-4(7)8/h4,6,8,17H,3,5,7,9-12H2,1-2H3,(H,18,20);1-2H,(H,5,6)(H,7,8)/b;2-1+. The highest BCUT2D eigenvalue weighted by Crippen LogP contribution is 2.30. The van der Waals surface area contributed by atoms with E-state index >= 15 is 0 Å². The summed E-state index contributed by atoms with van der Waals surface area (Å²) in [6, 6.07) is 6.18. The molecular formula is C20H29N3O6. The molecule has 160 valence electrons. The Hall–Kier alpha value is -3.07. The SMILES string of the molecule is CNCCN(C)C(=O)NCCOc1cccc2c1CCC2.O=C(O)/C=C/C(=O)O. The number of hydrogen-bond acceptors (Lipinski definition) is 5. The second-order valence-corrected chi connectivity index (χ2v) is 6.36. The second kappa shape index (κ2) is 13.2. The van der Waals surface area contributed by atoms with Gasteiger partial charge in [0.15, 0.2) is 0 Å². The second-order valence-electron chi connectivity index (χ2n) is 6.36. The number of nitrogens with zero attached hydrogens (tertiary/aromatic N) is 1. The lowest BCUT2D eigenvalue weighted by atomic mass is 10.1. The summed E-state index contributed by atoms with van der Waals surface area (Å²) in [6.07, 6.45) is 4.58. The topological polar surface area (TPSA) is 128 Å². The molecule has 9 heteroatoms. The number of benzene rings is 1. The van der Waals surface area contributed by atoms with Gasteiger partial charge in [-0.25, -0.2) is 14.4 Å². The third-order valence-electron chi connectivity index (χ3n) is 4.15. The van der Waals surface area contributed by atoms with E-state index in [0.29, 0.717) is 31.8 Å². The number of hydrogen-bond donors (Lipinski definition) is 4. The summed E-state index contributed by atoms with van der Waals surface area (Å²) >= 11 is 0. The van der Waals surface area contributed by atoms with Crippen molar-refractivity contribution in [2.24, 2.45) is 0 Å². The maximum atomic E-state index is 11.8. The molecule has 0 bridgehead atoms. The third kappa shape index (κ3) is 9.61. The van der Waals surface area contributed by atoms with Crippen LogP contribution in [0.2, 0.25) is 0 Å². The summed E-state index contributed by atoms with van der Waals surface area (Å²) in [6.45, 7) is 2.50. The molecule has 1 aromatic carbocycles. The van der Waals surface area contributed by atoms with E-state index in [0.717, 1.165) is 25.1 Å². The van der Waals surface area contributed by atoms with Crippen molar-refractivity contribution < 1.29 is 29.3 Å². The Morgan fingerprint density at radius 2 is 1.83 bits per heavy atom. The van der Waals surface area contributed by atoms with Gasteiger partial charge < -0.3 is 30.5 Å². The number of likely N-dealkylation sites (N-methyl/N-ethyl adjacent to an activating group) is 2. The highest BCUT2D eigenvalue weighted by molar-refractivity contribution is 5.89. The van der Waals surface area contributed by atoms with Crippen LogP contribution in [-0.4, -0.2) is 73.4 Å². The number of nitrogens with one attached hydrogen (secondary N) is 2. The molecule has 0 spiro atoms. The van der Waals surface area contributed by atoms with Crippen LogP contribution in [0.1, 0.15) is 17.5 Å². The summed E-state index contributed by atoms with van der Waals surface area (Å²) in [5.74, 6) is -1.54. The lowest BCUT2D eigenvalue weighted by Gasteiger charge is -2.18. The normalized spacial score (nSPS) is 11.9. The van der Waals surface area contributed by atoms with E-state index in [9.17, 15) is 14.4 Å². The molecule has 0 fully saturated rings. The molecule has 0 aliphatic heterocycles. The summed E-state index contributed by atoms with van der Waals surface area (Å²) in [4.78, 5) is 32.5. The number of aliphatic carboxylic acids is 2. The van der Waals surface area contributed by atoms with Crippen molar-refractivity contribution in [2.75, 3.05) is 40.3 Å². The van der Waals surface area contributed by atoms with Crippen molar-refractivity contribution >= 4 is 18.0 Å². The molecule has 0 saturated carbocycles. The molecule has 0 aromatic heterocycles. The van der Waals surface area contributed by atoms with Gasteiger partial charge in [0.1, 0.15) is 12.4 Å². The molecular weight excluding hydrogens is 378 g/mol. The number of carboxylic acid groups (broad SMARTS) is 2. The van der Waals surface area contributed by atoms with Gasteiger partial charge in [0.25, 0.3) is 0 Å². The Bertz CT molecular complexity index is 704. The number of aryl methyl sites for hydroxylation is 1. The maximum absolute atomic E-state index is 11.8. The Labute approximate surface area is 170 Å². The largest absolute Gasteiger partial charge is 0.491 e. The molecule has 9 nitrogen and oxygen atoms in total.